The van der Waals surface area contributed by atoms with Crippen molar-refractivity contribution < 1.29 is 9.53 Å². The van der Waals surface area contributed by atoms with Crippen LogP contribution >= 0.6 is 0 Å². The van der Waals surface area contributed by atoms with Gasteiger partial charge in [-0.2, -0.15) is 0 Å². The number of ether oxygens (including phenoxy) is 1. The van der Waals surface area contributed by atoms with Crippen molar-refractivity contribution in [2.75, 3.05) is 26.8 Å². The molecule has 1 aliphatic heterocycles. The van der Waals surface area contributed by atoms with E-state index in [0.717, 1.165) is 38.8 Å². The minimum Gasteiger partial charge on any atom is -0.383 e. The predicted octanol–water partition coefficient (Wildman–Crippen LogP) is 0.748. The van der Waals surface area contributed by atoms with E-state index in [1.807, 2.05) is 4.68 Å². The monoisotopic (exact) mass is 295 g/mol. The van der Waals surface area contributed by atoms with Gasteiger partial charge in [-0.25, -0.2) is 4.68 Å². The quantitative estimate of drug-likeness (QED) is 0.776. The standard InChI is InChI=1S/C14H25N5O2/c1-3-4-11(10-21-2)16-14(20)13-9-19(18-17-13)12-5-7-15-8-6-12/h9,11-12,15H,3-8,10H2,1-2H3,(H,16,20). The smallest absolute Gasteiger partial charge is 0.273 e. The van der Waals surface area contributed by atoms with Crippen LogP contribution in [-0.2, 0) is 4.74 Å². The molecule has 1 unspecified atom stereocenters. The molecule has 0 bridgehead atoms. The first kappa shape index (κ1) is 15.9. The SMILES string of the molecule is CCCC(COC)NC(=O)c1cn(C2CCNCC2)nn1. The van der Waals surface area contributed by atoms with Gasteiger partial charge in [0.1, 0.15) is 0 Å². The highest BCUT2D eigenvalue weighted by atomic mass is 16.5. The Balaban J connectivity index is 1.94. The average molecular weight is 295 g/mol. The summed E-state index contributed by atoms with van der Waals surface area (Å²) in [5.74, 6) is -0.175. The Kier molecular flexibility index (Phi) is 6.13. The van der Waals surface area contributed by atoms with Crippen molar-refractivity contribution in [2.45, 2.75) is 44.7 Å². The molecule has 1 fully saturated rings. The summed E-state index contributed by atoms with van der Waals surface area (Å²) in [4.78, 5) is 12.2. The van der Waals surface area contributed by atoms with Gasteiger partial charge in [-0.3, -0.25) is 4.79 Å². The summed E-state index contributed by atoms with van der Waals surface area (Å²) in [7, 11) is 1.64. The Labute approximate surface area is 125 Å². The number of carbonyl (C=O) groups excluding carboxylic acids is 1. The highest BCUT2D eigenvalue weighted by Crippen LogP contribution is 2.17. The molecule has 1 atom stereocenters. The molecule has 0 saturated carbocycles. The van der Waals surface area contributed by atoms with E-state index in [0.29, 0.717) is 18.3 Å². The molecule has 0 aromatic carbocycles. The molecule has 7 nitrogen and oxygen atoms in total. The summed E-state index contributed by atoms with van der Waals surface area (Å²) in [5.41, 5.74) is 0.380. The van der Waals surface area contributed by atoms with Crippen LogP contribution in [0.2, 0.25) is 0 Å². The van der Waals surface area contributed by atoms with E-state index in [1.54, 1.807) is 13.3 Å². The third kappa shape index (κ3) is 4.50. The van der Waals surface area contributed by atoms with Gasteiger partial charge < -0.3 is 15.4 Å². The average Bonchev–Trinajstić information content (AvgIpc) is 2.98. The molecule has 7 heteroatoms. The molecule has 0 spiro atoms. The molecule has 1 saturated heterocycles. The van der Waals surface area contributed by atoms with Crippen molar-refractivity contribution in [1.29, 1.82) is 0 Å². The number of methoxy groups -OCH3 is 1. The lowest BCUT2D eigenvalue weighted by Crippen LogP contribution is -2.38. The topological polar surface area (TPSA) is 81.1 Å². The Hall–Kier alpha value is -1.47. The van der Waals surface area contributed by atoms with E-state index in [1.165, 1.54) is 0 Å². The van der Waals surface area contributed by atoms with Crippen LogP contribution in [0.4, 0.5) is 0 Å². The molecule has 2 rings (SSSR count). The molecule has 1 aromatic heterocycles. The largest absolute Gasteiger partial charge is 0.383 e. The Morgan fingerprint density at radius 1 is 1.57 bits per heavy atom. The molecular formula is C14H25N5O2. The first-order chi connectivity index (χ1) is 10.2. The molecular weight excluding hydrogens is 270 g/mol. The van der Waals surface area contributed by atoms with Gasteiger partial charge in [0.2, 0.25) is 0 Å². The molecule has 1 aromatic rings. The van der Waals surface area contributed by atoms with E-state index in [2.05, 4.69) is 27.9 Å². The summed E-state index contributed by atoms with van der Waals surface area (Å²) in [5, 5.41) is 14.4. The molecule has 118 valence electrons. The van der Waals surface area contributed by atoms with Crippen molar-refractivity contribution in [3.8, 4) is 0 Å². The van der Waals surface area contributed by atoms with Gasteiger partial charge in [0.05, 0.1) is 24.9 Å². The number of rotatable bonds is 7. The van der Waals surface area contributed by atoms with Crippen LogP contribution in [0.5, 0.6) is 0 Å². The van der Waals surface area contributed by atoms with Crippen LogP contribution in [0.1, 0.15) is 49.1 Å². The van der Waals surface area contributed by atoms with Gasteiger partial charge in [-0.1, -0.05) is 18.6 Å². The summed E-state index contributed by atoms with van der Waals surface area (Å²) >= 11 is 0. The van der Waals surface area contributed by atoms with Gasteiger partial charge in [-0.05, 0) is 32.4 Å². The summed E-state index contributed by atoms with van der Waals surface area (Å²) in [6.45, 7) is 4.57. The zero-order valence-electron chi connectivity index (χ0n) is 12.8. The molecule has 2 heterocycles. The van der Waals surface area contributed by atoms with Gasteiger partial charge in [0.25, 0.3) is 5.91 Å². The lowest BCUT2D eigenvalue weighted by atomic mass is 10.1. The number of piperidine rings is 1. The lowest BCUT2D eigenvalue weighted by molar-refractivity contribution is 0.0886. The second-order valence-corrected chi connectivity index (χ2v) is 5.48. The van der Waals surface area contributed by atoms with E-state index in [-0.39, 0.29) is 11.9 Å². The zero-order valence-corrected chi connectivity index (χ0v) is 12.8. The summed E-state index contributed by atoms with van der Waals surface area (Å²) in [6, 6.07) is 0.363. The molecule has 1 aliphatic rings. The van der Waals surface area contributed by atoms with Crippen molar-refractivity contribution >= 4 is 5.91 Å². The van der Waals surface area contributed by atoms with Crippen molar-refractivity contribution in [2.24, 2.45) is 0 Å². The van der Waals surface area contributed by atoms with E-state index < -0.39 is 0 Å². The van der Waals surface area contributed by atoms with Crippen LogP contribution in [0.15, 0.2) is 6.20 Å². The fourth-order valence-corrected chi connectivity index (χ4v) is 2.64. The highest BCUT2D eigenvalue weighted by Gasteiger charge is 2.20. The number of nitrogens with zero attached hydrogens (tertiary/aromatic N) is 3. The maximum atomic E-state index is 12.2. The second kappa shape index (κ2) is 8.09. The normalized spacial score (nSPS) is 17.6. The predicted molar refractivity (Wildman–Crippen MR) is 79.2 cm³/mol. The molecule has 0 aliphatic carbocycles. The van der Waals surface area contributed by atoms with E-state index >= 15 is 0 Å². The van der Waals surface area contributed by atoms with Gasteiger partial charge in [-0.15, -0.1) is 5.10 Å². The number of aromatic nitrogens is 3. The van der Waals surface area contributed by atoms with Gasteiger partial charge in [0.15, 0.2) is 5.69 Å². The summed E-state index contributed by atoms with van der Waals surface area (Å²) in [6.07, 6.45) is 5.68. The number of nitrogens with one attached hydrogen (secondary N) is 2. The number of amides is 1. The van der Waals surface area contributed by atoms with Gasteiger partial charge in [0, 0.05) is 7.11 Å². The van der Waals surface area contributed by atoms with Crippen LogP contribution < -0.4 is 10.6 Å². The van der Waals surface area contributed by atoms with Crippen molar-refractivity contribution in [3.63, 3.8) is 0 Å². The van der Waals surface area contributed by atoms with Crippen LogP contribution in [0, 0.1) is 0 Å². The van der Waals surface area contributed by atoms with E-state index in [9.17, 15) is 4.79 Å². The number of hydrogen-bond acceptors (Lipinski definition) is 5. The van der Waals surface area contributed by atoms with Crippen molar-refractivity contribution in [1.82, 2.24) is 25.6 Å². The lowest BCUT2D eigenvalue weighted by Gasteiger charge is -2.22. The minimum atomic E-state index is -0.175. The van der Waals surface area contributed by atoms with Crippen LogP contribution in [0.25, 0.3) is 0 Å². The minimum absolute atomic E-state index is 0.0246. The maximum absolute atomic E-state index is 12.2. The second-order valence-electron chi connectivity index (χ2n) is 5.48. The van der Waals surface area contributed by atoms with Gasteiger partial charge >= 0.3 is 0 Å². The molecule has 0 radical (unpaired) electrons. The fraction of sp³-hybridized carbons (Fsp3) is 0.786. The maximum Gasteiger partial charge on any atom is 0.273 e. The Morgan fingerprint density at radius 3 is 3.00 bits per heavy atom. The van der Waals surface area contributed by atoms with Crippen LogP contribution in [-0.4, -0.2) is 53.7 Å². The van der Waals surface area contributed by atoms with E-state index in [4.69, 9.17) is 4.74 Å². The highest BCUT2D eigenvalue weighted by molar-refractivity contribution is 5.92. The fourth-order valence-electron chi connectivity index (χ4n) is 2.64. The Bertz CT molecular complexity index is 436. The summed E-state index contributed by atoms with van der Waals surface area (Å²) < 4.78 is 6.95. The van der Waals surface area contributed by atoms with Crippen molar-refractivity contribution in [3.05, 3.63) is 11.9 Å². The molecule has 2 N–H and O–H groups in total. The first-order valence-corrected chi connectivity index (χ1v) is 7.67. The molecule has 21 heavy (non-hydrogen) atoms. The number of carbonyl (C=O) groups is 1. The zero-order chi connectivity index (χ0) is 15.1. The van der Waals surface area contributed by atoms with Crippen LogP contribution in [0.3, 0.4) is 0 Å². The Morgan fingerprint density at radius 2 is 2.33 bits per heavy atom. The third-order valence-corrected chi connectivity index (χ3v) is 3.77. The number of hydrogen-bond donors (Lipinski definition) is 2. The first-order valence-electron chi connectivity index (χ1n) is 7.67. The molecule has 1 amide bonds. The third-order valence-electron chi connectivity index (χ3n) is 3.77.